The van der Waals surface area contributed by atoms with Gasteiger partial charge in [0.05, 0.1) is 11.5 Å². The lowest BCUT2D eigenvalue weighted by atomic mass is 10.1. The predicted molar refractivity (Wildman–Crippen MR) is 82.3 cm³/mol. The third kappa shape index (κ3) is 3.91. The largest absolute Gasteiger partial charge is 0.392 e. The summed E-state index contributed by atoms with van der Waals surface area (Å²) in [5.41, 5.74) is 3.49. The van der Waals surface area contributed by atoms with E-state index in [4.69, 9.17) is 0 Å². The lowest BCUT2D eigenvalue weighted by Crippen LogP contribution is -2.23. The van der Waals surface area contributed by atoms with E-state index in [1.165, 1.54) is 6.07 Å². The summed E-state index contributed by atoms with van der Waals surface area (Å²) in [5, 5.41) is 9.23. The Bertz CT molecular complexity index is 739. The Hall–Kier alpha value is -1.69. The minimum absolute atomic E-state index is 0.171. The maximum atomic E-state index is 12.3. The molecule has 0 spiro atoms. The Morgan fingerprint density at radius 3 is 2.52 bits per heavy atom. The second-order valence-electron chi connectivity index (χ2n) is 5.06. The molecule has 0 radical (unpaired) electrons. The number of nitrogens with one attached hydrogen (secondary N) is 1. The van der Waals surface area contributed by atoms with Crippen molar-refractivity contribution in [1.29, 1.82) is 0 Å². The van der Waals surface area contributed by atoms with Crippen molar-refractivity contribution in [3.63, 3.8) is 0 Å². The molecule has 0 heterocycles. The van der Waals surface area contributed by atoms with Crippen LogP contribution < -0.4 is 4.72 Å². The first-order valence-electron chi connectivity index (χ1n) is 6.68. The van der Waals surface area contributed by atoms with Crippen LogP contribution in [0.25, 0.3) is 0 Å². The minimum Gasteiger partial charge on any atom is -0.392 e. The molecule has 0 amide bonds. The highest BCUT2D eigenvalue weighted by molar-refractivity contribution is 7.89. The number of aryl methyl sites for hydroxylation is 2. The van der Waals surface area contributed by atoms with Crippen LogP contribution in [0.15, 0.2) is 47.4 Å². The molecule has 2 aromatic carbocycles. The molecule has 21 heavy (non-hydrogen) atoms. The summed E-state index contributed by atoms with van der Waals surface area (Å²) >= 11 is 0. The number of rotatable bonds is 5. The SMILES string of the molecule is Cc1cccc(CNS(=O)(=O)c2ccc(C)c(CO)c2)c1. The zero-order valence-electron chi connectivity index (χ0n) is 12.1. The van der Waals surface area contributed by atoms with E-state index in [0.717, 1.165) is 16.7 Å². The van der Waals surface area contributed by atoms with Crippen LogP contribution in [0.4, 0.5) is 0 Å². The zero-order chi connectivity index (χ0) is 15.5. The number of aliphatic hydroxyl groups is 1. The van der Waals surface area contributed by atoms with Gasteiger partial charge in [-0.05, 0) is 42.7 Å². The highest BCUT2D eigenvalue weighted by Crippen LogP contribution is 2.16. The second-order valence-corrected chi connectivity index (χ2v) is 6.83. The van der Waals surface area contributed by atoms with E-state index in [-0.39, 0.29) is 18.0 Å². The standard InChI is InChI=1S/C16H19NO3S/c1-12-4-3-5-14(8-12)10-17-21(19,20)16-7-6-13(2)15(9-16)11-18/h3-9,17-18H,10-11H2,1-2H3. The molecule has 0 aromatic heterocycles. The van der Waals surface area contributed by atoms with E-state index in [9.17, 15) is 13.5 Å². The molecule has 2 rings (SSSR count). The van der Waals surface area contributed by atoms with Crippen molar-refractivity contribution in [2.75, 3.05) is 0 Å². The van der Waals surface area contributed by atoms with Gasteiger partial charge in [-0.3, -0.25) is 0 Å². The number of sulfonamides is 1. The van der Waals surface area contributed by atoms with Gasteiger partial charge in [0.25, 0.3) is 0 Å². The molecule has 0 aliphatic carbocycles. The monoisotopic (exact) mass is 305 g/mol. The molecule has 2 N–H and O–H groups in total. The Labute approximate surface area is 125 Å². The lowest BCUT2D eigenvalue weighted by molar-refractivity contribution is 0.280. The quantitative estimate of drug-likeness (QED) is 0.890. The molecule has 5 heteroatoms. The summed E-state index contributed by atoms with van der Waals surface area (Å²) in [7, 11) is -3.58. The summed E-state index contributed by atoms with van der Waals surface area (Å²) in [6, 6.07) is 12.4. The van der Waals surface area contributed by atoms with Crippen LogP contribution in [0, 0.1) is 13.8 Å². The first-order chi connectivity index (χ1) is 9.92. The molecule has 112 valence electrons. The van der Waals surface area contributed by atoms with Crippen molar-refractivity contribution in [1.82, 2.24) is 4.72 Å². The molecule has 4 nitrogen and oxygen atoms in total. The van der Waals surface area contributed by atoms with Crippen LogP contribution in [0.3, 0.4) is 0 Å². The van der Waals surface area contributed by atoms with E-state index in [1.54, 1.807) is 12.1 Å². The average Bonchev–Trinajstić information content (AvgIpc) is 2.46. The molecule has 0 saturated heterocycles. The second kappa shape index (κ2) is 6.39. The number of hydrogen-bond donors (Lipinski definition) is 2. The summed E-state index contributed by atoms with van der Waals surface area (Å²) in [6.45, 7) is 3.87. The zero-order valence-corrected chi connectivity index (χ0v) is 12.9. The maximum Gasteiger partial charge on any atom is 0.240 e. The minimum atomic E-state index is -3.58. The molecular weight excluding hydrogens is 286 g/mol. The maximum absolute atomic E-state index is 12.3. The predicted octanol–water partition coefficient (Wildman–Crippen LogP) is 2.27. The molecule has 0 bridgehead atoms. The average molecular weight is 305 g/mol. The van der Waals surface area contributed by atoms with Crippen molar-refractivity contribution in [2.24, 2.45) is 0 Å². The van der Waals surface area contributed by atoms with Gasteiger partial charge in [0, 0.05) is 6.54 Å². The fourth-order valence-corrected chi connectivity index (χ4v) is 3.14. The highest BCUT2D eigenvalue weighted by atomic mass is 32.2. The van der Waals surface area contributed by atoms with Gasteiger partial charge in [-0.15, -0.1) is 0 Å². The number of aliphatic hydroxyl groups excluding tert-OH is 1. The van der Waals surface area contributed by atoms with Crippen molar-refractivity contribution >= 4 is 10.0 Å². The molecule has 0 fully saturated rings. The molecule has 0 saturated carbocycles. The van der Waals surface area contributed by atoms with E-state index in [2.05, 4.69) is 4.72 Å². The fourth-order valence-electron chi connectivity index (χ4n) is 2.07. The van der Waals surface area contributed by atoms with Crippen LogP contribution >= 0.6 is 0 Å². The van der Waals surface area contributed by atoms with E-state index in [0.29, 0.717) is 5.56 Å². The Morgan fingerprint density at radius 2 is 1.86 bits per heavy atom. The van der Waals surface area contributed by atoms with Crippen molar-refractivity contribution < 1.29 is 13.5 Å². The van der Waals surface area contributed by atoms with Crippen LogP contribution in [0.2, 0.25) is 0 Å². The lowest BCUT2D eigenvalue weighted by Gasteiger charge is -2.10. The Kier molecular flexibility index (Phi) is 4.77. The first kappa shape index (κ1) is 15.7. The van der Waals surface area contributed by atoms with Gasteiger partial charge < -0.3 is 5.11 Å². The van der Waals surface area contributed by atoms with Gasteiger partial charge in [0.15, 0.2) is 0 Å². The van der Waals surface area contributed by atoms with Crippen LogP contribution in [0.5, 0.6) is 0 Å². The van der Waals surface area contributed by atoms with Crippen LogP contribution in [-0.2, 0) is 23.2 Å². The molecular formula is C16H19NO3S. The topological polar surface area (TPSA) is 66.4 Å². The first-order valence-corrected chi connectivity index (χ1v) is 8.16. The van der Waals surface area contributed by atoms with Gasteiger partial charge in [-0.1, -0.05) is 35.9 Å². The summed E-state index contributed by atoms with van der Waals surface area (Å²) < 4.78 is 27.1. The normalized spacial score (nSPS) is 11.6. The Morgan fingerprint density at radius 1 is 1.10 bits per heavy atom. The van der Waals surface area contributed by atoms with Gasteiger partial charge in [0.2, 0.25) is 10.0 Å². The van der Waals surface area contributed by atoms with Gasteiger partial charge >= 0.3 is 0 Å². The van der Waals surface area contributed by atoms with Crippen molar-refractivity contribution in [3.8, 4) is 0 Å². The van der Waals surface area contributed by atoms with Crippen LogP contribution in [0.1, 0.15) is 22.3 Å². The van der Waals surface area contributed by atoms with Crippen molar-refractivity contribution in [2.45, 2.75) is 31.9 Å². The van der Waals surface area contributed by atoms with Gasteiger partial charge in [-0.2, -0.15) is 0 Å². The number of benzene rings is 2. The van der Waals surface area contributed by atoms with Gasteiger partial charge in [0.1, 0.15) is 0 Å². The van der Waals surface area contributed by atoms with E-state index >= 15 is 0 Å². The van der Waals surface area contributed by atoms with Crippen LogP contribution in [-0.4, -0.2) is 13.5 Å². The van der Waals surface area contributed by atoms with E-state index in [1.807, 2.05) is 38.1 Å². The summed E-state index contributed by atoms with van der Waals surface area (Å²) in [6.07, 6.45) is 0. The molecule has 0 unspecified atom stereocenters. The number of hydrogen-bond acceptors (Lipinski definition) is 3. The molecule has 0 aliphatic rings. The third-order valence-electron chi connectivity index (χ3n) is 3.35. The third-order valence-corrected chi connectivity index (χ3v) is 4.75. The smallest absolute Gasteiger partial charge is 0.240 e. The highest BCUT2D eigenvalue weighted by Gasteiger charge is 2.15. The van der Waals surface area contributed by atoms with Gasteiger partial charge in [-0.25, -0.2) is 13.1 Å². The molecule has 0 aliphatic heterocycles. The van der Waals surface area contributed by atoms with Crippen molar-refractivity contribution in [3.05, 3.63) is 64.7 Å². The fraction of sp³-hybridized carbons (Fsp3) is 0.250. The summed E-state index contributed by atoms with van der Waals surface area (Å²) in [5.74, 6) is 0. The summed E-state index contributed by atoms with van der Waals surface area (Å²) in [4.78, 5) is 0.171. The van der Waals surface area contributed by atoms with E-state index < -0.39 is 10.0 Å². The molecule has 2 aromatic rings. The Balaban J connectivity index is 2.18. The molecule has 0 atom stereocenters.